The number of anilines is 1. The fourth-order valence-electron chi connectivity index (χ4n) is 2.54. The van der Waals surface area contributed by atoms with Crippen LogP contribution >= 0.6 is 0 Å². The van der Waals surface area contributed by atoms with E-state index >= 15 is 0 Å². The highest BCUT2D eigenvalue weighted by Crippen LogP contribution is 2.18. The van der Waals surface area contributed by atoms with Crippen molar-refractivity contribution in [3.63, 3.8) is 0 Å². The molecule has 0 saturated heterocycles. The van der Waals surface area contributed by atoms with E-state index in [-0.39, 0.29) is 24.9 Å². The molecule has 3 aromatic rings. The first-order valence-electron chi connectivity index (χ1n) is 7.67. The number of rotatable bonds is 6. The smallest absolute Gasteiger partial charge is 0.250 e. The Morgan fingerprint density at radius 1 is 1.08 bits per heavy atom. The van der Waals surface area contributed by atoms with Gasteiger partial charge in [0.15, 0.2) is 5.78 Å². The van der Waals surface area contributed by atoms with E-state index < -0.39 is 0 Å². The third-order valence-corrected chi connectivity index (χ3v) is 3.66. The van der Waals surface area contributed by atoms with Gasteiger partial charge in [-0.1, -0.05) is 30.3 Å². The van der Waals surface area contributed by atoms with Crippen LogP contribution in [-0.2, 0) is 9.53 Å². The lowest BCUT2D eigenvalue weighted by molar-refractivity contribution is -0.120. The van der Waals surface area contributed by atoms with E-state index in [1.54, 1.807) is 6.20 Å². The number of fused-ring (bicyclic) bond motifs is 1. The molecule has 0 aliphatic heterocycles. The molecule has 0 bridgehead atoms. The van der Waals surface area contributed by atoms with Crippen molar-refractivity contribution < 1.29 is 14.3 Å². The van der Waals surface area contributed by atoms with Crippen molar-refractivity contribution in [2.75, 3.05) is 18.5 Å². The Morgan fingerprint density at radius 3 is 2.75 bits per heavy atom. The normalized spacial score (nSPS) is 10.7. The minimum absolute atomic E-state index is 0.136. The van der Waals surface area contributed by atoms with Crippen LogP contribution in [0.5, 0.6) is 0 Å². The third-order valence-electron chi connectivity index (χ3n) is 3.66. The van der Waals surface area contributed by atoms with Gasteiger partial charge >= 0.3 is 0 Å². The molecule has 0 aliphatic carbocycles. The highest BCUT2D eigenvalue weighted by Gasteiger charge is 2.12. The van der Waals surface area contributed by atoms with Gasteiger partial charge in [-0.3, -0.25) is 9.59 Å². The lowest BCUT2D eigenvalue weighted by Crippen LogP contribution is -2.20. The Balaban J connectivity index is 1.52. The van der Waals surface area contributed by atoms with Crippen LogP contribution in [0.25, 0.3) is 10.9 Å². The molecule has 1 aromatic heterocycles. The molecule has 1 heterocycles. The van der Waals surface area contributed by atoms with Crippen LogP contribution in [-0.4, -0.2) is 29.9 Å². The molecule has 0 unspecified atom stereocenters. The summed E-state index contributed by atoms with van der Waals surface area (Å²) < 4.78 is 5.26. The number of ether oxygens (including phenoxy) is 1. The van der Waals surface area contributed by atoms with Gasteiger partial charge in [-0.15, -0.1) is 0 Å². The minimum atomic E-state index is -0.285. The van der Waals surface area contributed by atoms with Crippen molar-refractivity contribution in [3.8, 4) is 0 Å². The second-order valence-electron chi connectivity index (χ2n) is 5.58. The van der Waals surface area contributed by atoms with E-state index in [1.807, 2.05) is 55.5 Å². The highest BCUT2D eigenvalue weighted by molar-refractivity contribution is 6.08. The molecular weight excluding hydrogens is 304 g/mol. The first-order valence-corrected chi connectivity index (χ1v) is 7.67. The number of nitrogens with one attached hydrogen (secondary N) is 2. The van der Waals surface area contributed by atoms with Gasteiger partial charge in [0, 0.05) is 28.4 Å². The summed E-state index contributed by atoms with van der Waals surface area (Å²) in [5.74, 6) is -0.442. The quantitative estimate of drug-likeness (QED) is 0.684. The van der Waals surface area contributed by atoms with Crippen LogP contribution in [0.2, 0.25) is 0 Å². The molecule has 24 heavy (non-hydrogen) atoms. The molecule has 0 radical (unpaired) electrons. The minimum Gasteiger partial charge on any atom is -0.363 e. The van der Waals surface area contributed by atoms with Crippen LogP contribution < -0.4 is 5.32 Å². The summed E-state index contributed by atoms with van der Waals surface area (Å²) in [5.41, 5.74) is 3.25. The summed E-state index contributed by atoms with van der Waals surface area (Å²) in [5, 5.41) is 3.60. The zero-order valence-corrected chi connectivity index (χ0v) is 13.3. The Morgan fingerprint density at radius 2 is 1.92 bits per heavy atom. The van der Waals surface area contributed by atoms with Crippen molar-refractivity contribution in [3.05, 3.63) is 65.9 Å². The standard InChI is InChI=1S/C19H18N2O3/c1-13-5-4-6-14(9-13)21-19(23)12-24-11-18(22)16-10-20-17-8-3-2-7-15(16)17/h2-10,20H,11-12H2,1H3,(H,21,23). The number of aromatic amines is 1. The number of hydrogen-bond acceptors (Lipinski definition) is 3. The van der Waals surface area contributed by atoms with Crippen LogP contribution in [0.1, 0.15) is 15.9 Å². The molecule has 2 N–H and O–H groups in total. The molecule has 5 nitrogen and oxygen atoms in total. The van der Waals surface area contributed by atoms with Crippen LogP contribution in [0.4, 0.5) is 5.69 Å². The third kappa shape index (κ3) is 3.70. The summed E-state index contributed by atoms with van der Waals surface area (Å²) in [6.07, 6.45) is 1.67. The number of amides is 1. The monoisotopic (exact) mass is 322 g/mol. The van der Waals surface area contributed by atoms with E-state index in [0.717, 1.165) is 16.5 Å². The molecule has 0 aliphatic rings. The fraction of sp³-hybridized carbons (Fsp3) is 0.158. The van der Waals surface area contributed by atoms with Gasteiger partial charge in [-0.25, -0.2) is 0 Å². The molecule has 0 spiro atoms. The molecule has 1 amide bonds. The second-order valence-corrected chi connectivity index (χ2v) is 5.58. The predicted molar refractivity (Wildman–Crippen MR) is 93.3 cm³/mol. The molecular formula is C19H18N2O3. The van der Waals surface area contributed by atoms with Crippen molar-refractivity contribution in [2.24, 2.45) is 0 Å². The Hall–Kier alpha value is -2.92. The molecule has 5 heteroatoms. The van der Waals surface area contributed by atoms with Crippen molar-refractivity contribution in [2.45, 2.75) is 6.92 Å². The number of hydrogen-bond donors (Lipinski definition) is 2. The Bertz CT molecular complexity index is 883. The summed E-state index contributed by atoms with van der Waals surface area (Å²) in [6, 6.07) is 15.1. The van der Waals surface area contributed by atoms with E-state index in [4.69, 9.17) is 4.74 Å². The Kier molecular flexibility index (Phi) is 4.72. The number of para-hydroxylation sites is 1. The van der Waals surface area contributed by atoms with Crippen LogP contribution in [0, 0.1) is 6.92 Å². The molecule has 0 saturated carbocycles. The number of H-pyrrole nitrogens is 1. The van der Waals surface area contributed by atoms with Crippen molar-refractivity contribution in [1.29, 1.82) is 0 Å². The molecule has 0 atom stereocenters. The molecule has 122 valence electrons. The van der Waals surface area contributed by atoms with Gasteiger partial charge in [-0.2, -0.15) is 0 Å². The van der Waals surface area contributed by atoms with E-state index in [0.29, 0.717) is 11.3 Å². The van der Waals surface area contributed by atoms with Gasteiger partial charge in [0.05, 0.1) is 0 Å². The number of benzene rings is 2. The summed E-state index contributed by atoms with van der Waals surface area (Å²) in [4.78, 5) is 27.1. The molecule has 2 aromatic carbocycles. The summed E-state index contributed by atoms with van der Waals surface area (Å²) in [6.45, 7) is 1.65. The second kappa shape index (κ2) is 7.10. The number of aromatic nitrogens is 1. The van der Waals surface area contributed by atoms with Crippen LogP contribution in [0.15, 0.2) is 54.7 Å². The average molecular weight is 322 g/mol. The average Bonchev–Trinajstić information content (AvgIpc) is 2.99. The maximum Gasteiger partial charge on any atom is 0.250 e. The van der Waals surface area contributed by atoms with Crippen molar-refractivity contribution in [1.82, 2.24) is 4.98 Å². The van der Waals surface area contributed by atoms with E-state index in [9.17, 15) is 9.59 Å². The lowest BCUT2D eigenvalue weighted by atomic mass is 10.1. The highest BCUT2D eigenvalue weighted by atomic mass is 16.5. The summed E-state index contributed by atoms with van der Waals surface area (Å²) >= 11 is 0. The SMILES string of the molecule is Cc1cccc(NC(=O)COCC(=O)c2c[nH]c3ccccc23)c1. The molecule has 3 rings (SSSR count). The van der Waals surface area contributed by atoms with Crippen LogP contribution in [0.3, 0.4) is 0 Å². The van der Waals surface area contributed by atoms with Gasteiger partial charge in [-0.05, 0) is 30.7 Å². The van der Waals surface area contributed by atoms with Gasteiger partial charge < -0.3 is 15.0 Å². The fourth-order valence-corrected chi connectivity index (χ4v) is 2.54. The number of aryl methyl sites for hydroxylation is 1. The lowest BCUT2D eigenvalue weighted by Gasteiger charge is -2.06. The maximum atomic E-state index is 12.2. The molecule has 0 fully saturated rings. The zero-order valence-electron chi connectivity index (χ0n) is 13.3. The first kappa shape index (κ1) is 16.0. The zero-order chi connectivity index (χ0) is 16.9. The largest absolute Gasteiger partial charge is 0.363 e. The predicted octanol–water partition coefficient (Wildman–Crippen LogP) is 3.31. The van der Waals surface area contributed by atoms with E-state index in [1.165, 1.54) is 0 Å². The number of carbonyl (C=O) groups is 2. The maximum absolute atomic E-state index is 12.2. The van der Waals surface area contributed by atoms with Crippen molar-refractivity contribution >= 4 is 28.3 Å². The first-order chi connectivity index (χ1) is 11.6. The number of Topliss-reactive ketones (excluding diaryl/α,β-unsaturated/α-hetero) is 1. The van der Waals surface area contributed by atoms with Gasteiger partial charge in [0.25, 0.3) is 0 Å². The topological polar surface area (TPSA) is 71.2 Å². The van der Waals surface area contributed by atoms with Gasteiger partial charge in [0.1, 0.15) is 13.2 Å². The number of carbonyl (C=O) groups excluding carboxylic acids is 2. The number of ketones is 1. The summed E-state index contributed by atoms with van der Waals surface area (Å²) in [7, 11) is 0. The van der Waals surface area contributed by atoms with Gasteiger partial charge in [0.2, 0.25) is 5.91 Å². The van der Waals surface area contributed by atoms with E-state index in [2.05, 4.69) is 10.3 Å². The Labute approximate surface area is 139 Å².